The smallest absolute Gasteiger partial charge is 0.337 e. The van der Waals surface area contributed by atoms with Crippen molar-refractivity contribution in [3.63, 3.8) is 0 Å². The fourth-order valence-corrected chi connectivity index (χ4v) is 4.95. The first-order valence-electron chi connectivity index (χ1n) is 10.0. The van der Waals surface area contributed by atoms with Gasteiger partial charge in [-0.25, -0.2) is 4.79 Å². The molecule has 0 saturated carbocycles. The van der Waals surface area contributed by atoms with Gasteiger partial charge in [-0.3, -0.25) is 14.5 Å². The third-order valence-electron chi connectivity index (χ3n) is 5.99. The van der Waals surface area contributed by atoms with Gasteiger partial charge in [0, 0.05) is 40.2 Å². The number of carboxylic acid groups (broad SMARTS) is 1. The Bertz CT molecular complexity index is 1140. The molecule has 8 nitrogen and oxygen atoms in total. The first-order valence-corrected chi connectivity index (χ1v) is 10.8. The highest BCUT2D eigenvalue weighted by Gasteiger charge is 2.34. The van der Waals surface area contributed by atoms with Crippen LogP contribution < -0.4 is 11.1 Å². The number of carbonyl (C=O) groups excluding carboxylic acids is 2. The van der Waals surface area contributed by atoms with Gasteiger partial charge in [0.15, 0.2) is 6.17 Å². The molecule has 1 fully saturated rings. The van der Waals surface area contributed by atoms with Crippen molar-refractivity contribution in [1.29, 1.82) is 0 Å². The number of amides is 2. The van der Waals surface area contributed by atoms with Crippen LogP contribution in [-0.2, 0) is 9.59 Å². The van der Waals surface area contributed by atoms with Crippen LogP contribution in [0.5, 0.6) is 0 Å². The summed E-state index contributed by atoms with van der Waals surface area (Å²) in [4.78, 5) is 39.2. The van der Waals surface area contributed by atoms with Crippen molar-refractivity contribution in [3.05, 3.63) is 50.8 Å². The van der Waals surface area contributed by atoms with Crippen LogP contribution in [0.4, 0.5) is 5.69 Å². The summed E-state index contributed by atoms with van der Waals surface area (Å²) in [5.41, 5.74) is 9.11. The van der Waals surface area contributed by atoms with E-state index in [1.54, 1.807) is 30.6 Å². The van der Waals surface area contributed by atoms with E-state index in [2.05, 4.69) is 21.2 Å². The number of nitrogens with one attached hydrogen (secondary N) is 1. The van der Waals surface area contributed by atoms with Crippen LogP contribution in [0.25, 0.3) is 11.6 Å². The average molecular weight is 487 g/mol. The number of fused-ring (bicyclic) bond motifs is 1. The third-order valence-corrected chi connectivity index (χ3v) is 6.48. The molecule has 0 aliphatic carbocycles. The van der Waals surface area contributed by atoms with Crippen LogP contribution in [0, 0.1) is 13.8 Å². The van der Waals surface area contributed by atoms with Gasteiger partial charge in [-0.05, 0) is 56.5 Å². The number of carbonyl (C=O) groups is 3. The van der Waals surface area contributed by atoms with E-state index in [0.29, 0.717) is 46.9 Å². The van der Waals surface area contributed by atoms with E-state index in [0.717, 1.165) is 17.3 Å². The molecule has 9 heteroatoms. The van der Waals surface area contributed by atoms with Gasteiger partial charge in [0.05, 0.1) is 11.1 Å². The lowest BCUT2D eigenvalue weighted by atomic mass is 10.0. The highest BCUT2D eigenvalue weighted by atomic mass is 79.9. The van der Waals surface area contributed by atoms with Crippen molar-refractivity contribution in [2.75, 3.05) is 18.4 Å². The van der Waals surface area contributed by atoms with Crippen LogP contribution in [0.2, 0.25) is 0 Å². The molecule has 0 bridgehead atoms. The van der Waals surface area contributed by atoms with Crippen molar-refractivity contribution in [3.8, 4) is 0 Å². The summed E-state index contributed by atoms with van der Waals surface area (Å²) >= 11 is 3.43. The lowest BCUT2D eigenvalue weighted by molar-refractivity contribution is -0.126. The molecule has 4 N–H and O–H groups in total. The molecule has 3 heterocycles. The Balaban J connectivity index is 1.97. The number of hydrogen-bond acceptors (Lipinski definition) is 4. The van der Waals surface area contributed by atoms with E-state index in [1.165, 1.54) is 0 Å². The maximum Gasteiger partial charge on any atom is 0.337 e. The van der Waals surface area contributed by atoms with Crippen LogP contribution in [-0.4, -0.2) is 45.4 Å². The first-order chi connectivity index (χ1) is 14.7. The van der Waals surface area contributed by atoms with Gasteiger partial charge >= 0.3 is 5.97 Å². The number of aromatic nitrogens is 1. The average Bonchev–Trinajstić information content (AvgIpc) is 3.37. The van der Waals surface area contributed by atoms with Crippen molar-refractivity contribution < 1.29 is 19.5 Å². The highest BCUT2D eigenvalue weighted by molar-refractivity contribution is 9.10. The molecular weight excluding hydrogens is 464 g/mol. The number of rotatable bonds is 5. The molecule has 1 aromatic heterocycles. The summed E-state index contributed by atoms with van der Waals surface area (Å²) in [5, 5.41) is 12.7. The predicted molar refractivity (Wildman–Crippen MR) is 121 cm³/mol. The van der Waals surface area contributed by atoms with E-state index in [-0.39, 0.29) is 11.5 Å². The lowest BCUT2D eigenvalue weighted by Gasteiger charge is -2.29. The van der Waals surface area contributed by atoms with Gasteiger partial charge in [0.25, 0.3) is 11.8 Å². The molecule has 2 aromatic rings. The molecular formula is C22H23BrN4O4. The van der Waals surface area contributed by atoms with Crippen molar-refractivity contribution in [2.24, 2.45) is 5.73 Å². The van der Waals surface area contributed by atoms with Gasteiger partial charge in [-0.1, -0.05) is 15.9 Å². The Morgan fingerprint density at radius 1 is 1.26 bits per heavy atom. The van der Waals surface area contributed by atoms with Gasteiger partial charge in [0.1, 0.15) is 0 Å². The Hall–Kier alpha value is -2.91. The second-order valence-electron chi connectivity index (χ2n) is 7.87. The predicted octanol–water partition coefficient (Wildman–Crippen LogP) is 3.14. The Morgan fingerprint density at radius 2 is 1.94 bits per heavy atom. The zero-order valence-corrected chi connectivity index (χ0v) is 18.8. The maximum absolute atomic E-state index is 12.7. The molecule has 162 valence electrons. The van der Waals surface area contributed by atoms with E-state index in [1.807, 2.05) is 17.0 Å². The number of halogens is 1. The molecule has 2 amide bonds. The minimum atomic E-state index is -1.09. The van der Waals surface area contributed by atoms with Crippen LogP contribution >= 0.6 is 15.9 Å². The van der Waals surface area contributed by atoms with Crippen LogP contribution in [0.3, 0.4) is 0 Å². The topological polar surface area (TPSA) is 118 Å². The first kappa shape index (κ1) is 21.3. The number of carboxylic acids is 1. The molecule has 2 aliphatic rings. The zero-order chi connectivity index (χ0) is 22.4. The lowest BCUT2D eigenvalue weighted by Crippen LogP contribution is -2.41. The molecule has 0 spiro atoms. The quantitative estimate of drug-likeness (QED) is 0.561. The highest BCUT2D eigenvalue weighted by Crippen LogP contribution is 2.37. The standard InChI is InChI=1S/C22H23BrN4O4/c1-11-17(10-15-14-9-13(23)5-6-16(14)25-20(15)29)27(12(2)18(11)22(30)31)21(19(24)28)26-7-3-4-8-26/h5-6,9-10,21H,3-4,7-8H2,1-2H3,(H2,24,28)(H,25,29)(H,30,31). The summed E-state index contributed by atoms with van der Waals surface area (Å²) in [5.74, 6) is -1.93. The zero-order valence-electron chi connectivity index (χ0n) is 17.2. The summed E-state index contributed by atoms with van der Waals surface area (Å²) in [6, 6.07) is 5.46. The second-order valence-corrected chi connectivity index (χ2v) is 8.78. The molecule has 0 radical (unpaired) electrons. The normalized spacial score (nSPS) is 18.3. The molecule has 31 heavy (non-hydrogen) atoms. The Morgan fingerprint density at radius 3 is 2.55 bits per heavy atom. The van der Waals surface area contributed by atoms with Crippen molar-refractivity contribution in [2.45, 2.75) is 32.9 Å². The molecule has 1 aromatic carbocycles. The van der Waals surface area contributed by atoms with Gasteiger partial charge < -0.3 is 20.7 Å². The fraction of sp³-hybridized carbons (Fsp3) is 0.318. The van der Waals surface area contributed by atoms with Crippen molar-refractivity contribution >= 4 is 51.1 Å². The van der Waals surface area contributed by atoms with E-state index >= 15 is 0 Å². The summed E-state index contributed by atoms with van der Waals surface area (Å²) in [7, 11) is 0. The number of benzene rings is 1. The number of primary amides is 1. The monoisotopic (exact) mass is 486 g/mol. The van der Waals surface area contributed by atoms with Crippen molar-refractivity contribution in [1.82, 2.24) is 9.47 Å². The number of nitrogens with zero attached hydrogens (tertiary/aromatic N) is 2. The molecule has 2 aliphatic heterocycles. The fourth-order valence-electron chi connectivity index (χ4n) is 4.59. The second kappa shape index (κ2) is 7.97. The number of hydrogen-bond donors (Lipinski definition) is 3. The minimum absolute atomic E-state index is 0.116. The number of nitrogens with two attached hydrogens (primary N) is 1. The van der Waals surface area contributed by atoms with E-state index < -0.39 is 18.0 Å². The van der Waals surface area contributed by atoms with Crippen LogP contribution in [0.15, 0.2) is 22.7 Å². The largest absolute Gasteiger partial charge is 0.478 e. The van der Waals surface area contributed by atoms with E-state index in [9.17, 15) is 19.5 Å². The van der Waals surface area contributed by atoms with Gasteiger partial charge in [0.2, 0.25) is 0 Å². The van der Waals surface area contributed by atoms with Gasteiger partial charge in [-0.2, -0.15) is 0 Å². The molecule has 1 unspecified atom stereocenters. The SMILES string of the molecule is Cc1c(C(=O)O)c(C)n(C(C(N)=O)N2CCCC2)c1C=C1C(=O)Nc2ccc(Br)cc21. The van der Waals surface area contributed by atoms with Crippen LogP contribution in [0.1, 0.15) is 51.9 Å². The minimum Gasteiger partial charge on any atom is -0.478 e. The Kier molecular flexibility index (Phi) is 5.49. The number of aromatic carboxylic acids is 1. The number of likely N-dealkylation sites (tertiary alicyclic amines) is 1. The molecule has 1 atom stereocenters. The number of anilines is 1. The van der Waals surface area contributed by atoms with Gasteiger partial charge in [-0.15, -0.1) is 0 Å². The molecule has 4 rings (SSSR count). The maximum atomic E-state index is 12.7. The summed E-state index contributed by atoms with van der Waals surface area (Å²) < 4.78 is 2.48. The Labute approximate surface area is 187 Å². The molecule has 1 saturated heterocycles. The summed E-state index contributed by atoms with van der Waals surface area (Å²) in [6.45, 7) is 4.75. The van der Waals surface area contributed by atoms with E-state index in [4.69, 9.17) is 5.73 Å². The third kappa shape index (κ3) is 3.57. The summed E-state index contributed by atoms with van der Waals surface area (Å²) in [6.07, 6.45) is 2.71.